The number of sulfone groups is 1. The van der Waals surface area contributed by atoms with E-state index >= 15 is 0 Å². The van der Waals surface area contributed by atoms with Crippen LogP contribution in [0.2, 0.25) is 0 Å². The second-order valence-electron chi connectivity index (χ2n) is 5.64. The number of carbonyl (C=O) groups is 2. The van der Waals surface area contributed by atoms with Crippen molar-refractivity contribution in [2.75, 3.05) is 31.8 Å². The Kier molecular flexibility index (Phi) is 6.27. The molecular formula is C15H21N3O5S. The summed E-state index contributed by atoms with van der Waals surface area (Å²) in [5, 5.41) is 5.38. The Labute approximate surface area is 140 Å². The van der Waals surface area contributed by atoms with Crippen LogP contribution in [0.5, 0.6) is 0 Å². The van der Waals surface area contributed by atoms with Gasteiger partial charge in [-0.25, -0.2) is 8.42 Å². The van der Waals surface area contributed by atoms with Gasteiger partial charge in [-0.1, -0.05) is 0 Å². The van der Waals surface area contributed by atoms with Crippen LogP contribution in [0, 0.1) is 0 Å². The summed E-state index contributed by atoms with van der Waals surface area (Å²) < 4.78 is 27.7. The van der Waals surface area contributed by atoms with Crippen LogP contribution in [0.15, 0.2) is 18.5 Å². The molecule has 8 nitrogen and oxygen atoms in total. The van der Waals surface area contributed by atoms with Gasteiger partial charge in [0.15, 0.2) is 9.84 Å². The van der Waals surface area contributed by atoms with Gasteiger partial charge in [0.25, 0.3) is 11.8 Å². The molecule has 1 aromatic rings. The molecule has 1 aliphatic heterocycles. The van der Waals surface area contributed by atoms with Crippen molar-refractivity contribution in [2.45, 2.75) is 18.9 Å². The van der Waals surface area contributed by atoms with E-state index in [0.717, 1.165) is 0 Å². The van der Waals surface area contributed by atoms with Crippen molar-refractivity contribution >= 4 is 21.7 Å². The number of pyridine rings is 1. The predicted molar refractivity (Wildman–Crippen MR) is 87.6 cm³/mol. The third-order valence-electron chi connectivity index (χ3n) is 3.64. The van der Waals surface area contributed by atoms with Crippen LogP contribution in [0.4, 0.5) is 0 Å². The summed E-state index contributed by atoms with van der Waals surface area (Å²) in [6.45, 7) is 1.01. The minimum absolute atomic E-state index is 0.0498. The molecule has 0 aliphatic carbocycles. The van der Waals surface area contributed by atoms with Crippen LogP contribution in [0.1, 0.15) is 33.6 Å². The molecule has 0 aromatic carbocycles. The van der Waals surface area contributed by atoms with E-state index in [2.05, 4.69) is 15.6 Å². The zero-order valence-electron chi connectivity index (χ0n) is 13.4. The smallest absolute Gasteiger partial charge is 0.253 e. The fourth-order valence-electron chi connectivity index (χ4n) is 2.39. The molecule has 0 bridgehead atoms. The highest BCUT2D eigenvalue weighted by Crippen LogP contribution is 2.12. The molecule has 2 rings (SSSR count). The highest BCUT2D eigenvalue weighted by Gasteiger charge is 2.29. The largest absolute Gasteiger partial charge is 0.385 e. The highest BCUT2D eigenvalue weighted by atomic mass is 32.2. The Hall–Kier alpha value is -2.00. The Morgan fingerprint density at radius 2 is 2.00 bits per heavy atom. The number of methoxy groups -OCH3 is 1. The van der Waals surface area contributed by atoms with E-state index in [1.807, 2.05) is 0 Å². The summed E-state index contributed by atoms with van der Waals surface area (Å²) in [7, 11) is -1.48. The standard InChI is InChI=1S/C15H21N3O5S/c1-23-5-2-4-17-14(19)11-7-12(9-16-8-11)15(20)18-13-3-6-24(21,22)10-13/h7-9,13H,2-6,10H2,1H3,(H,17,19)(H,18,20). The van der Waals surface area contributed by atoms with E-state index in [9.17, 15) is 18.0 Å². The number of hydrogen-bond donors (Lipinski definition) is 2. The van der Waals surface area contributed by atoms with Gasteiger partial charge < -0.3 is 15.4 Å². The van der Waals surface area contributed by atoms with Crippen molar-refractivity contribution in [2.24, 2.45) is 0 Å². The van der Waals surface area contributed by atoms with Crippen molar-refractivity contribution in [3.05, 3.63) is 29.6 Å². The first-order valence-electron chi connectivity index (χ1n) is 7.65. The second-order valence-corrected chi connectivity index (χ2v) is 7.87. The van der Waals surface area contributed by atoms with Crippen molar-refractivity contribution in [3.63, 3.8) is 0 Å². The van der Waals surface area contributed by atoms with Crippen molar-refractivity contribution in [1.82, 2.24) is 15.6 Å². The van der Waals surface area contributed by atoms with Crippen LogP contribution in [-0.2, 0) is 14.6 Å². The number of ether oxygens (including phenoxy) is 1. The lowest BCUT2D eigenvalue weighted by molar-refractivity contribution is 0.0940. The molecular weight excluding hydrogens is 334 g/mol. The van der Waals surface area contributed by atoms with Crippen LogP contribution in [0.25, 0.3) is 0 Å². The first-order chi connectivity index (χ1) is 11.4. The Balaban J connectivity index is 1.94. The van der Waals surface area contributed by atoms with Gasteiger partial charge >= 0.3 is 0 Å². The maximum Gasteiger partial charge on any atom is 0.253 e. The van der Waals surface area contributed by atoms with Gasteiger partial charge in [-0.3, -0.25) is 14.6 Å². The van der Waals surface area contributed by atoms with E-state index in [1.165, 1.54) is 18.5 Å². The summed E-state index contributed by atoms with van der Waals surface area (Å²) >= 11 is 0. The molecule has 9 heteroatoms. The summed E-state index contributed by atoms with van der Waals surface area (Å²) in [5.41, 5.74) is 0.503. The number of amides is 2. The van der Waals surface area contributed by atoms with Gasteiger partial charge in [0, 0.05) is 38.7 Å². The summed E-state index contributed by atoms with van der Waals surface area (Å²) in [6.07, 6.45) is 3.82. The molecule has 0 saturated carbocycles. The minimum Gasteiger partial charge on any atom is -0.385 e. The number of carbonyl (C=O) groups excluding carboxylic acids is 2. The molecule has 1 atom stereocenters. The van der Waals surface area contributed by atoms with Gasteiger partial charge in [-0.15, -0.1) is 0 Å². The Morgan fingerprint density at radius 1 is 1.29 bits per heavy atom. The molecule has 24 heavy (non-hydrogen) atoms. The molecule has 1 aromatic heterocycles. The first-order valence-corrected chi connectivity index (χ1v) is 9.47. The summed E-state index contributed by atoms with van der Waals surface area (Å²) in [6, 6.07) is 1.05. The topological polar surface area (TPSA) is 114 Å². The van der Waals surface area contributed by atoms with E-state index < -0.39 is 21.8 Å². The molecule has 1 fully saturated rings. The summed E-state index contributed by atoms with van der Waals surface area (Å²) in [5.74, 6) is -0.721. The molecule has 0 radical (unpaired) electrons. The average molecular weight is 355 g/mol. The van der Waals surface area contributed by atoms with E-state index in [1.54, 1.807) is 7.11 Å². The monoisotopic (exact) mass is 355 g/mol. The maximum absolute atomic E-state index is 12.2. The quantitative estimate of drug-likeness (QED) is 0.653. The number of nitrogens with one attached hydrogen (secondary N) is 2. The minimum atomic E-state index is -3.06. The first kappa shape index (κ1) is 18.3. The van der Waals surface area contributed by atoms with Gasteiger partial charge in [-0.05, 0) is 18.9 Å². The molecule has 2 amide bonds. The molecule has 132 valence electrons. The lowest BCUT2D eigenvalue weighted by Gasteiger charge is -2.11. The molecule has 2 N–H and O–H groups in total. The van der Waals surface area contributed by atoms with Gasteiger partial charge in [-0.2, -0.15) is 0 Å². The van der Waals surface area contributed by atoms with Crippen LogP contribution in [-0.4, -0.2) is 63.0 Å². The Morgan fingerprint density at radius 3 is 2.62 bits per heavy atom. The van der Waals surface area contributed by atoms with Crippen molar-refractivity contribution in [3.8, 4) is 0 Å². The van der Waals surface area contributed by atoms with E-state index in [4.69, 9.17) is 4.74 Å². The molecule has 1 unspecified atom stereocenters. The fourth-order valence-corrected chi connectivity index (χ4v) is 4.06. The normalized spacial score (nSPS) is 19.0. The lowest BCUT2D eigenvalue weighted by atomic mass is 10.1. The Bertz CT molecular complexity index is 705. The van der Waals surface area contributed by atoms with Gasteiger partial charge in [0.1, 0.15) is 0 Å². The SMILES string of the molecule is COCCCNC(=O)c1cncc(C(=O)NC2CCS(=O)(=O)C2)c1. The maximum atomic E-state index is 12.2. The van der Waals surface area contributed by atoms with Crippen LogP contribution < -0.4 is 10.6 Å². The fraction of sp³-hybridized carbons (Fsp3) is 0.533. The number of hydrogen-bond acceptors (Lipinski definition) is 6. The average Bonchev–Trinajstić information content (AvgIpc) is 2.90. The number of rotatable bonds is 7. The lowest BCUT2D eigenvalue weighted by Crippen LogP contribution is -2.35. The molecule has 0 spiro atoms. The van der Waals surface area contributed by atoms with Gasteiger partial charge in [0.2, 0.25) is 0 Å². The third-order valence-corrected chi connectivity index (χ3v) is 5.41. The highest BCUT2D eigenvalue weighted by molar-refractivity contribution is 7.91. The predicted octanol–water partition coefficient (Wildman–Crippen LogP) is -0.235. The van der Waals surface area contributed by atoms with Gasteiger partial charge in [0.05, 0.1) is 22.6 Å². The van der Waals surface area contributed by atoms with E-state index in [0.29, 0.717) is 26.0 Å². The third kappa shape index (κ3) is 5.27. The molecule has 1 aliphatic rings. The number of nitrogens with zero attached hydrogens (tertiary/aromatic N) is 1. The van der Waals surface area contributed by atoms with Crippen molar-refractivity contribution in [1.29, 1.82) is 0 Å². The molecule has 2 heterocycles. The second kappa shape index (κ2) is 8.20. The zero-order valence-corrected chi connectivity index (χ0v) is 14.3. The van der Waals surface area contributed by atoms with Crippen molar-refractivity contribution < 1.29 is 22.7 Å². The van der Waals surface area contributed by atoms with E-state index in [-0.39, 0.29) is 28.5 Å². The molecule has 1 saturated heterocycles. The number of aromatic nitrogens is 1. The van der Waals surface area contributed by atoms with Crippen LogP contribution in [0.3, 0.4) is 0 Å². The van der Waals surface area contributed by atoms with Crippen LogP contribution >= 0.6 is 0 Å². The zero-order chi connectivity index (χ0) is 17.6. The summed E-state index contributed by atoms with van der Waals surface area (Å²) in [4.78, 5) is 28.1.